The lowest BCUT2D eigenvalue weighted by molar-refractivity contribution is 0.104. The molecule has 0 aromatic heterocycles. The van der Waals surface area contributed by atoms with E-state index in [9.17, 15) is 4.79 Å². The third-order valence-corrected chi connectivity index (χ3v) is 2.51. The molecule has 0 fully saturated rings. The molecule has 0 unspecified atom stereocenters. The van der Waals surface area contributed by atoms with Gasteiger partial charge in [-0.1, -0.05) is 18.2 Å². The number of allylic oxidation sites excluding steroid dienone is 2. The van der Waals surface area contributed by atoms with E-state index in [1.54, 1.807) is 12.2 Å². The third kappa shape index (κ3) is 1.92. The summed E-state index contributed by atoms with van der Waals surface area (Å²) in [7, 11) is 0. The normalized spacial score (nSPS) is 10.9. The molecule has 1 aromatic rings. The zero-order valence-electron chi connectivity index (χ0n) is 9.22. The quantitative estimate of drug-likeness (QED) is 0.513. The Morgan fingerprint density at radius 2 is 1.71 bits per heavy atom. The smallest absolute Gasteiger partial charge is 0.186 e. The Morgan fingerprint density at radius 1 is 1.14 bits per heavy atom. The summed E-state index contributed by atoms with van der Waals surface area (Å²) in [5.74, 6) is 0.103. The molecule has 1 aromatic carbocycles. The first-order chi connectivity index (χ1) is 6.57. The van der Waals surface area contributed by atoms with Crippen LogP contribution >= 0.6 is 0 Å². The van der Waals surface area contributed by atoms with Crippen molar-refractivity contribution < 1.29 is 4.79 Å². The number of ketones is 1. The van der Waals surface area contributed by atoms with Crippen LogP contribution in [0.2, 0.25) is 0 Å². The lowest BCUT2D eigenvalue weighted by Crippen LogP contribution is -2.02. The topological polar surface area (TPSA) is 17.1 Å². The van der Waals surface area contributed by atoms with Crippen LogP contribution in [0, 0.1) is 20.8 Å². The van der Waals surface area contributed by atoms with Gasteiger partial charge >= 0.3 is 0 Å². The van der Waals surface area contributed by atoms with Crippen molar-refractivity contribution in [2.75, 3.05) is 0 Å². The van der Waals surface area contributed by atoms with Crippen molar-refractivity contribution in [1.82, 2.24) is 0 Å². The number of aryl methyl sites for hydroxylation is 2. The van der Waals surface area contributed by atoms with Gasteiger partial charge in [0.05, 0.1) is 0 Å². The number of hydrogen-bond donors (Lipinski definition) is 0. The summed E-state index contributed by atoms with van der Waals surface area (Å²) in [5, 5.41) is 0. The summed E-state index contributed by atoms with van der Waals surface area (Å²) < 4.78 is 0. The Bertz CT molecular complexity index is 386. The summed E-state index contributed by atoms with van der Waals surface area (Å²) >= 11 is 0. The van der Waals surface area contributed by atoms with Crippen molar-refractivity contribution >= 4 is 5.78 Å². The van der Waals surface area contributed by atoms with E-state index in [0.717, 1.165) is 16.7 Å². The molecule has 0 atom stereocenters. The lowest BCUT2D eigenvalue weighted by Gasteiger charge is -2.08. The van der Waals surface area contributed by atoms with E-state index in [-0.39, 0.29) is 5.78 Å². The molecule has 1 rings (SSSR count). The van der Waals surface area contributed by atoms with Gasteiger partial charge in [0.1, 0.15) is 0 Å². The highest BCUT2D eigenvalue weighted by Gasteiger charge is 2.10. The molecule has 0 spiro atoms. The van der Waals surface area contributed by atoms with E-state index >= 15 is 0 Å². The molecule has 74 valence electrons. The maximum atomic E-state index is 11.8. The molecular weight excluding hydrogens is 172 g/mol. The first kappa shape index (κ1) is 10.7. The molecule has 0 aliphatic heterocycles. The van der Waals surface area contributed by atoms with Gasteiger partial charge in [0, 0.05) is 5.56 Å². The third-order valence-electron chi connectivity index (χ3n) is 2.51. The molecule has 0 N–H and O–H groups in total. The van der Waals surface area contributed by atoms with Gasteiger partial charge in [0.25, 0.3) is 0 Å². The van der Waals surface area contributed by atoms with Crippen LogP contribution in [0.4, 0.5) is 0 Å². The Kier molecular flexibility index (Phi) is 3.23. The predicted molar refractivity (Wildman–Crippen MR) is 59.8 cm³/mol. The van der Waals surface area contributed by atoms with Gasteiger partial charge in [0.15, 0.2) is 5.78 Å². The van der Waals surface area contributed by atoms with Crippen LogP contribution in [-0.4, -0.2) is 5.78 Å². The van der Waals surface area contributed by atoms with Crippen LogP contribution in [0.25, 0.3) is 0 Å². The predicted octanol–water partition coefficient (Wildman–Crippen LogP) is 3.37. The van der Waals surface area contributed by atoms with Crippen LogP contribution in [0.15, 0.2) is 24.3 Å². The molecule has 0 heterocycles. The van der Waals surface area contributed by atoms with Crippen LogP contribution < -0.4 is 0 Å². The molecule has 0 amide bonds. The summed E-state index contributed by atoms with van der Waals surface area (Å²) in [6.07, 6.45) is 3.40. The number of carbonyl (C=O) groups excluding carboxylic acids is 1. The minimum Gasteiger partial charge on any atom is -0.289 e. The van der Waals surface area contributed by atoms with Crippen molar-refractivity contribution in [3.8, 4) is 0 Å². The molecule has 14 heavy (non-hydrogen) atoms. The highest BCUT2D eigenvalue weighted by Crippen LogP contribution is 2.18. The molecule has 1 nitrogen and oxygen atoms in total. The number of benzene rings is 1. The second-order valence-corrected chi connectivity index (χ2v) is 3.56. The Labute approximate surface area is 85.5 Å². The van der Waals surface area contributed by atoms with E-state index in [1.807, 2.05) is 33.8 Å². The first-order valence-corrected chi connectivity index (χ1v) is 4.81. The minimum atomic E-state index is 0.103. The molecule has 0 aliphatic rings. The van der Waals surface area contributed by atoms with E-state index in [2.05, 4.69) is 6.07 Å². The number of carbonyl (C=O) groups is 1. The molecular formula is C13H16O. The molecule has 0 saturated carbocycles. The van der Waals surface area contributed by atoms with Crippen molar-refractivity contribution in [3.63, 3.8) is 0 Å². The maximum absolute atomic E-state index is 11.8. The average Bonchev–Trinajstić information content (AvgIpc) is 2.13. The van der Waals surface area contributed by atoms with Crippen molar-refractivity contribution in [2.24, 2.45) is 0 Å². The Balaban J connectivity index is 3.32. The van der Waals surface area contributed by atoms with E-state index in [4.69, 9.17) is 0 Å². The summed E-state index contributed by atoms with van der Waals surface area (Å²) in [5.41, 5.74) is 4.16. The van der Waals surface area contributed by atoms with Gasteiger partial charge in [-0.2, -0.15) is 0 Å². The number of hydrogen-bond acceptors (Lipinski definition) is 1. The first-order valence-electron chi connectivity index (χ1n) is 4.81. The summed E-state index contributed by atoms with van der Waals surface area (Å²) in [6.45, 7) is 7.86. The van der Waals surface area contributed by atoms with Gasteiger partial charge < -0.3 is 0 Å². The van der Waals surface area contributed by atoms with Gasteiger partial charge in [-0.15, -0.1) is 0 Å². The van der Waals surface area contributed by atoms with Crippen molar-refractivity contribution in [1.29, 1.82) is 0 Å². The number of rotatable bonds is 2. The molecule has 1 heteroatoms. The molecule has 0 saturated heterocycles. The van der Waals surface area contributed by atoms with Crippen molar-refractivity contribution in [2.45, 2.75) is 27.7 Å². The van der Waals surface area contributed by atoms with E-state index in [0.29, 0.717) is 0 Å². The molecule has 0 bridgehead atoms. The van der Waals surface area contributed by atoms with Gasteiger partial charge in [-0.25, -0.2) is 0 Å². The fourth-order valence-corrected chi connectivity index (χ4v) is 1.57. The minimum absolute atomic E-state index is 0.103. The fourth-order valence-electron chi connectivity index (χ4n) is 1.57. The molecule has 0 aliphatic carbocycles. The zero-order valence-corrected chi connectivity index (χ0v) is 9.22. The summed E-state index contributed by atoms with van der Waals surface area (Å²) in [6, 6.07) is 4.05. The fraction of sp³-hybridized carbons (Fsp3) is 0.308. The van der Waals surface area contributed by atoms with Crippen LogP contribution in [0.5, 0.6) is 0 Å². The van der Waals surface area contributed by atoms with Gasteiger partial charge in [0.2, 0.25) is 0 Å². The highest BCUT2D eigenvalue weighted by molar-refractivity contribution is 6.06. The molecule has 0 radical (unpaired) electrons. The second kappa shape index (κ2) is 4.23. The largest absolute Gasteiger partial charge is 0.289 e. The van der Waals surface area contributed by atoms with Crippen molar-refractivity contribution in [3.05, 3.63) is 46.5 Å². The SMILES string of the molecule is CC=CC(=O)c1c(C)ccc(C)c1C. The maximum Gasteiger partial charge on any atom is 0.186 e. The monoisotopic (exact) mass is 188 g/mol. The van der Waals surface area contributed by atoms with Crippen LogP contribution in [0.3, 0.4) is 0 Å². The van der Waals surface area contributed by atoms with Gasteiger partial charge in [-0.05, 0) is 50.5 Å². The van der Waals surface area contributed by atoms with Crippen LogP contribution in [0.1, 0.15) is 34.0 Å². The van der Waals surface area contributed by atoms with E-state index in [1.165, 1.54) is 5.56 Å². The standard InChI is InChI=1S/C13H16O/c1-5-6-12(14)13-10(3)8-7-9(2)11(13)4/h5-8H,1-4H3. The Hall–Kier alpha value is -1.37. The van der Waals surface area contributed by atoms with E-state index < -0.39 is 0 Å². The average molecular weight is 188 g/mol. The zero-order chi connectivity index (χ0) is 10.7. The van der Waals surface area contributed by atoms with Gasteiger partial charge in [-0.3, -0.25) is 4.79 Å². The summed E-state index contributed by atoms with van der Waals surface area (Å²) in [4.78, 5) is 11.8. The lowest BCUT2D eigenvalue weighted by atomic mass is 9.95. The highest BCUT2D eigenvalue weighted by atomic mass is 16.1. The second-order valence-electron chi connectivity index (χ2n) is 3.56. The van der Waals surface area contributed by atoms with Crippen LogP contribution in [-0.2, 0) is 0 Å². The Morgan fingerprint density at radius 3 is 2.29 bits per heavy atom.